The predicted octanol–water partition coefficient (Wildman–Crippen LogP) is 0.864. The summed E-state index contributed by atoms with van der Waals surface area (Å²) in [5.41, 5.74) is 5.77. The van der Waals surface area contributed by atoms with Crippen molar-refractivity contribution in [2.75, 3.05) is 20.2 Å². The standard InChI is InChI=1S/C9H20N2O/c1-3-7-12-8-9(10)5-4-6-11-2/h3,7,9,11H,4-6,8,10H2,1-2H3. The van der Waals surface area contributed by atoms with Crippen LogP contribution in [0, 0.1) is 0 Å². The molecule has 0 saturated carbocycles. The monoisotopic (exact) mass is 172 g/mol. The Morgan fingerprint density at radius 1 is 1.58 bits per heavy atom. The van der Waals surface area contributed by atoms with Crippen molar-refractivity contribution in [3.63, 3.8) is 0 Å². The SMILES string of the molecule is CC=COCC(N)CCCNC. The number of ether oxygens (including phenoxy) is 1. The summed E-state index contributed by atoms with van der Waals surface area (Å²) < 4.78 is 5.15. The third-order valence-corrected chi connectivity index (χ3v) is 1.54. The van der Waals surface area contributed by atoms with Crippen LogP contribution in [0.3, 0.4) is 0 Å². The van der Waals surface area contributed by atoms with Crippen LogP contribution in [-0.4, -0.2) is 26.2 Å². The molecule has 0 saturated heterocycles. The number of nitrogens with two attached hydrogens (primary N) is 1. The highest BCUT2D eigenvalue weighted by Gasteiger charge is 2.00. The minimum absolute atomic E-state index is 0.162. The van der Waals surface area contributed by atoms with E-state index in [1.54, 1.807) is 6.26 Å². The fourth-order valence-corrected chi connectivity index (χ4v) is 0.900. The van der Waals surface area contributed by atoms with Crippen LogP contribution in [0.1, 0.15) is 19.8 Å². The zero-order valence-electron chi connectivity index (χ0n) is 8.05. The molecule has 0 aromatic rings. The number of rotatable bonds is 7. The van der Waals surface area contributed by atoms with Crippen LogP contribution in [0.15, 0.2) is 12.3 Å². The number of hydrogen-bond acceptors (Lipinski definition) is 3. The average Bonchev–Trinajstić information content (AvgIpc) is 2.06. The van der Waals surface area contributed by atoms with E-state index in [1.165, 1.54) is 0 Å². The van der Waals surface area contributed by atoms with Gasteiger partial charge in [-0.2, -0.15) is 0 Å². The zero-order chi connectivity index (χ0) is 9.23. The van der Waals surface area contributed by atoms with Gasteiger partial charge >= 0.3 is 0 Å². The Kier molecular flexibility index (Phi) is 8.17. The van der Waals surface area contributed by atoms with Crippen LogP contribution in [0.5, 0.6) is 0 Å². The van der Waals surface area contributed by atoms with Crippen LogP contribution < -0.4 is 11.1 Å². The van der Waals surface area contributed by atoms with Gasteiger partial charge in [0.2, 0.25) is 0 Å². The lowest BCUT2D eigenvalue weighted by Crippen LogP contribution is -2.26. The van der Waals surface area contributed by atoms with E-state index in [0.717, 1.165) is 19.4 Å². The van der Waals surface area contributed by atoms with Gasteiger partial charge in [-0.1, -0.05) is 6.08 Å². The highest BCUT2D eigenvalue weighted by molar-refractivity contribution is 4.68. The summed E-state index contributed by atoms with van der Waals surface area (Å²) in [6.45, 7) is 3.57. The van der Waals surface area contributed by atoms with Crippen LogP contribution in [0.25, 0.3) is 0 Å². The topological polar surface area (TPSA) is 47.3 Å². The second kappa shape index (κ2) is 8.56. The first-order valence-corrected chi connectivity index (χ1v) is 4.44. The average molecular weight is 172 g/mol. The Morgan fingerprint density at radius 2 is 2.33 bits per heavy atom. The van der Waals surface area contributed by atoms with Crippen LogP contribution >= 0.6 is 0 Å². The Hall–Kier alpha value is -0.540. The molecule has 0 aliphatic rings. The third-order valence-electron chi connectivity index (χ3n) is 1.54. The maximum atomic E-state index is 5.77. The van der Waals surface area contributed by atoms with E-state index in [2.05, 4.69) is 5.32 Å². The molecule has 0 heterocycles. The maximum absolute atomic E-state index is 5.77. The third kappa shape index (κ3) is 7.57. The van der Waals surface area contributed by atoms with E-state index in [1.807, 2.05) is 20.0 Å². The van der Waals surface area contributed by atoms with Crippen LogP contribution in [-0.2, 0) is 4.74 Å². The van der Waals surface area contributed by atoms with Gasteiger partial charge in [0.15, 0.2) is 0 Å². The van der Waals surface area contributed by atoms with Gasteiger partial charge in [0.25, 0.3) is 0 Å². The molecule has 3 heteroatoms. The molecule has 12 heavy (non-hydrogen) atoms. The molecule has 1 atom stereocenters. The largest absolute Gasteiger partial charge is 0.500 e. The molecule has 0 radical (unpaired) electrons. The first-order chi connectivity index (χ1) is 5.81. The summed E-state index contributed by atoms with van der Waals surface area (Å²) in [6.07, 6.45) is 5.66. The van der Waals surface area contributed by atoms with E-state index in [4.69, 9.17) is 10.5 Å². The molecular formula is C9H20N2O. The molecule has 0 aromatic heterocycles. The molecule has 0 bridgehead atoms. The van der Waals surface area contributed by atoms with E-state index in [9.17, 15) is 0 Å². The maximum Gasteiger partial charge on any atom is 0.102 e. The van der Waals surface area contributed by atoms with Gasteiger partial charge in [0.05, 0.1) is 6.26 Å². The van der Waals surface area contributed by atoms with E-state index >= 15 is 0 Å². The van der Waals surface area contributed by atoms with Gasteiger partial charge in [0.1, 0.15) is 6.61 Å². The summed E-state index contributed by atoms with van der Waals surface area (Å²) in [4.78, 5) is 0. The van der Waals surface area contributed by atoms with Crippen molar-refractivity contribution in [3.05, 3.63) is 12.3 Å². The first kappa shape index (κ1) is 11.5. The lowest BCUT2D eigenvalue weighted by Gasteiger charge is -2.10. The lowest BCUT2D eigenvalue weighted by molar-refractivity contribution is 0.221. The minimum Gasteiger partial charge on any atom is -0.500 e. The molecule has 0 rings (SSSR count). The Morgan fingerprint density at radius 3 is 2.92 bits per heavy atom. The predicted molar refractivity (Wildman–Crippen MR) is 51.9 cm³/mol. The Labute approximate surface area is 75.0 Å². The van der Waals surface area contributed by atoms with Gasteiger partial charge in [-0.15, -0.1) is 0 Å². The van der Waals surface area contributed by atoms with Crippen LogP contribution in [0.2, 0.25) is 0 Å². The summed E-state index contributed by atoms with van der Waals surface area (Å²) in [7, 11) is 1.95. The van der Waals surface area contributed by atoms with E-state index in [-0.39, 0.29) is 6.04 Å². The minimum atomic E-state index is 0.162. The second-order valence-electron chi connectivity index (χ2n) is 2.81. The molecule has 72 valence electrons. The fourth-order valence-electron chi connectivity index (χ4n) is 0.900. The van der Waals surface area contributed by atoms with Gasteiger partial charge in [0, 0.05) is 6.04 Å². The van der Waals surface area contributed by atoms with Crippen molar-refractivity contribution in [3.8, 4) is 0 Å². The molecule has 0 spiro atoms. The van der Waals surface area contributed by atoms with Crippen molar-refractivity contribution in [1.29, 1.82) is 0 Å². The lowest BCUT2D eigenvalue weighted by atomic mass is 10.2. The highest BCUT2D eigenvalue weighted by Crippen LogP contribution is 1.94. The van der Waals surface area contributed by atoms with Crippen LogP contribution in [0.4, 0.5) is 0 Å². The molecule has 0 amide bonds. The first-order valence-electron chi connectivity index (χ1n) is 4.44. The van der Waals surface area contributed by atoms with Gasteiger partial charge in [-0.3, -0.25) is 0 Å². The molecule has 0 fully saturated rings. The van der Waals surface area contributed by atoms with E-state index < -0.39 is 0 Å². The number of nitrogens with one attached hydrogen (secondary N) is 1. The molecule has 3 nitrogen and oxygen atoms in total. The van der Waals surface area contributed by atoms with Gasteiger partial charge in [-0.25, -0.2) is 0 Å². The normalized spacial score (nSPS) is 13.6. The molecule has 1 unspecified atom stereocenters. The van der Waals surface area contributed by atoms with Crippen molar-refractivity contribution in [1.82, 2.24) is 5.32 Å². The molecule has 0 aromatic carbocycles. The molecular weight excluding hydrogens is 152 g/mol. The van der Waals surface area contributed by atoms with Crippen molar-refractivity contribution < 1.29 is 4.74 Å². The fraction of sp³-hybridized carbons (Fsp3) is 0.778. The molecule has 0 aliphatic heterocycles. The summed E-state index contributed by atoms with van der Waals surface area (Å²) in [6, 6.07) is 0.162. The summed E-state index contributed by atoms with van der Waals surface area (Å²) in [5.74, 6) is 0. The van der Waals surface area contributed by atoms with Gasteiger partial charge in [-0.05, 0) is 33.4 Å². The summed E-state index contributed by atoms with van der Waals surface area (Å²) in [5, 5.41) is 3.08. The van der Waals surface area contributed by atoms with Crippen molar-refractivity contribution in [2.24, 2.45) is 5.73 Å². The molecule has 0 aliphatic carbocycles. The van der Waals surface area contributed by atoms with Crippen molar-refractivity contribution >= 4 is 0 Å². The summed E-state index contributed by atoms with van der Waals surface area (Å²) >= 11 is 0. The number of allylic oxidation sites excluding steroid dienone is 1. The Balaban J connectivity index is 3.15. The quantitative estimate of drug-likeness (QED) is 0.442. The smallest absolute Gasteiger partial charge is 0.102 e. The number of hydrogen-bond donors (Lipinski definition) is 2. The zero-order valence-corrected chi connectivity index (χ0v) is 8.05. The van der Waals surface area contributed by atoms with Crippen molar-refractivity contribution in [2.45, 2.75) is 25.8 Å². The van der Waals surface area contributed by atoms with E-state index in [0.29, 0.717) is 6.61 Å². The second-order valence-corrected chi connectivity index (χ2v) is 2.81. The molecule has 3 N–H and O–H groups in total. The van der Waals surface area contributed by atoms with Gasteiger partial charge < -0.3 is 15.8 Å². The Bertz CT molecular complexity index is 115. The highest BCUT2D eigenvalue weighted by atomic mass is 16.5.